The van der Waals surface area contributed by atoms with E-state index in [2.05, 4.69) is 0 Å². The zero-order valence-corrected chi connectivity index (χ0v) is 10.7. The van der Waals surface area contributed by atoms with Gasteiger partial charge in [0.1, 0.15) is 5.75 Å². The van der Waals surface area contributed by atoms with E-state index in [9.17, 15) is 0 Å². The van der Waals surface area contributed by atoms with E-state index in [0.717, 1.165) is 55.2 Å². The average molecular weight is 235 g/mol. The highest BCUT2D eigenvalue weighted by atomic mass is 16.5. The summed E-state index contributed by atoms with van der Waals surface area (Å²) >= 11 is 0. The van der Waals surface area contributed by atoms with Gasteiger partial charge in [-0.1, -0.05) is 0 Å². The van der Waals surface area contributed by atoms with Crippen LogP contribution in [0.25, 0.3) is 0 Å². The Morgan fingerprint density at radius 3 is 2.41 bits per heavy atom. The Morgan fingerprint density at radius 2 is 1.82 bits per heavy atom. The van der Waals surface area contributed by atoms with Gasteiger partial charge >= 0.3 is 0 Å². The summed E-state index contributed by atoms with van der Waals surface area (Å²) in [4.78, 5) is 0. The number of rotatable bonds is 3. The first-order valence-electron chi connectivity index (χ1n) is 6.24. The summed E-state index contributed by atoms with van der Waals surface area (Å²) in [6.07, 6.45) is 2.21. The van der Waals surface area contributed by atoms with Crippen LogP contribution >= 0.6 is 0 Å². The average Bonchev–Trinajstić information content (AvgIpc) is 2.34. The third-order valence-electron chi connectivity index (χ3n) is 3.39. The van der Waals surface area contributed by atoms with Gasteiger partial charge in [0, 0.05) is 18.9 Å². The fraction of sp³-hybridized carbons (Fsp3) is 0.571. The van der Waals surface area contributed by atoms with Gasteiger partial charge in [0.05, 0.1) is 6.61 Å². The highest BCUT2D eigenvalue weighted by Crippen LogP contribution is 2.24. The maximum Gasteiger partial charge on any atom is 0.119 e. The zero-order chi connectivity index (χ0) is 12.3. The number of hydrogen-bond acceptors (Lipinski definition) is 3. The summed E-state index contributed by atoms with van der Waals surface area (Å²) in [5.74, 6) is 1.56. The molecule has 94 valence electrons. The molecule has 0 unspecified atom stereocenters. The summed E-state index contributed by atoms with van der Waals surface area (Å²) < 4.78 is 11.2. The van der Waals surface area contributed by atoms with Crippen LogP contribution in [0.3, 0.4) is 0 Å². The largest absolute Gasteiger partial charge is 0.493 e. The number of anilines is 1. The van der Waals surface area contributed by atoms with Crippen molar-refractivity contribution in [2.24, 2.45) is 5.92 Å². The normalized spacial score (nSPS) is 17.1. The number of nitrogen functional groups attached to an aromatic ring is 1. The molecule has 1 aromatic rings. The summed E-state index contributed by atoms with van der Waals surface area (Å²) in [6.45, 7) is 6.56. The lowest BCUT2D eigenvalue weighted by Gasteiger charge is -2.22. The molecular formula is C14H21NO2. The minimum absolute atomic E-state index is 0.627. The second-order valence-corrected chi connectivity index (χ2v) is 4.84. The predicted octanol–water partition coefficient (Wildman–Crippen LogP) is 2.69. The summed E-state index contributed by atoms with van der Waals surface area (Å²) in [6, 6.07) is 4.03. The molecule has 0 saturated carbocycles. The molecule has 0 radical (unpaired) electrons. The van der Waals surface area contributed by atoms with Crippen LogP contribution in [0.1, 0.15) is 24.0 Å². The van der Waals surface area contributed by atoms with E-state index in [1.807, 2.05) is 26.0 Å². The van der Waals surface area contributed by atoms with Crippen molar-refractivity contribution in [1.29, 1.82) is 0 Å². The van der Waals surface area contributed by atoms with E-state index in [1.165, 1.54) is 0 Å². The molecular weight excluding hydrogens is 214 g/mol. The van der Waals surface area contributed by atoms with Crippen LogP contribution in [0, 0.1) is 19.8 Å². The van der Waals surface area contributed by atoms with Gasteiger partial charge in [0.15, 0.2) is 0 Å². The molecule has 1 heterocycles. The molecule has 1 saturated heterocycles. The van der Waals surface area contributed by atoms with Gasteiger partial charge < -0.3 is 15.2 Å². The predicted molar refractivity (Wildman–Crippen MR) is 69.4 cm³/mol. The van der Waals surface area contributed by atoms with Gasteiger partial charge in [-0.25, -0.2) is 0 Å². The fourth-order valence-electron chi connectivity index (χ4n) is 2.15. The molecule has 1 aliphatic heterocycles. The van der Waals surface area contributed by atoms with E-state index in [0.29, 0.717) is 5.92 Å². The fourth-order valence-corrected chi connectivity index (χ4v) is 2.15. The Morgan fingerprint density at radius 1 is 1.24 bits per heavy atom. The third-order valence-corrected chi connectivity index (χ3v) is 3.39. The zero-order valence-electron chi connectivity index (χ0n) is 10.7. The van der Waals surface area contributed by atoms with Gasteiger partial charge in [0.2, 0.25) is 0 Å². The number of ether oxygens (including phenoxy) is 2. The number of benzene rings is 1. The van der Waals surface area contributed by atoms with Crippen molar-refractivity contribution < 1.29 is 9.47 Å². The smallest absolute Gasteiger partial charge is 0.119 e. The highest BCUT2D eigenvalue weighted by molar-refractivity contribution is 5.56. The summed E-state index contributed by atoms with van der Waals surface area (Å²) in [5, 5.41) is 0. The molecule has 17 heavy (non-hydrogen) atoms. The minimum atomic E-state index is 0.627. The standard InChI is InChI=1S/C14H21NO2/c1-10-7-13(8-11(2)14(10)15)17-9-12-3-5-16-6-4-12/h7-8,12H,3-6,9,15H2,1-2H3. The van der Waals surface area contributed by atoms with Gasteiger partial charge in [-0.3, -0.25) is 0 Å². The first kappa shape index (κ1) is 12.2. The van der Waals surface area contributed by atoms with Crippen LogP contribution in [-0.4, -0.2) is 19.8 Å². The number of aryl methyl sites for hydroxylation is 2. The second-order valence-electron chi connectivity index (χ2n) is 4.84. The molecule has 3 heteroatoms. The van der Waals surface area contributed by atoms with Crippen LogP contribution in [0.4, 0.5) is 5.69 Å². The molecule has 3 nitrogen and oxygen atoms in total. The van der Waals surface area contributed by atoms with Crippen LogP contribution in [0.2, 0.25) is 0 Å². The first-order valence-corrected chi connectivity index (χ1v) is 6.24. The molecule has 1 fully saturated rings. The topological polar surface area (TPSA) is 44.5 Å². The molecule has 0 aliphatic carbocycles. The van der Waals surface area contributed by atoms with Crippen molar-refractivity contribution in [3.63, 3.8) is 0 Å². The SMILES string of the molecule is Cc1cc(OCC2CCOCC2)cc(C)c1N. The summed E-state index contributed by atoms with van der Waals surface area (Å²) in [7, 11) is 0. The van der Waals surface area contributed by atoms with Crippen LogP contribution in [0.5, 0.6) is 5.75 Å². The van der Waals surface area contributed by atoms with Crippen molar-refractivity contribution in [3.05, 3.63) is 23.3 Å². The Hall–Kier alpha value is -1.22. The highest BCUT2D eigenvalue weighted by Gasteiger charge is 2.14. The third kappa shape index (κ3) is 3.13. The molecule has 0 spiro atoms. The van der Waals surface area contributed by atoms with Crippen molar-refractivity contribution >= 4 is 5.69 Å². The minimum Gasteiger partial charge on any atom is -0.493 e. The molecule has 0 amide bonds. The van der Waals surface area contributed by atoms with Crippen molar-refractivity contribution in [3.8, 4) is 5.75 Å². The maximum atomic E-state index is 5.92. The van der Waals surface area contributed by atoms with Crippen LogP contribution in [0.15, 0.2) is 12.1 Å². The van der Waals surface area contributed by atoms with Crippen molar-refractivity contribution in [1.82, 2.24) is 0 Å². The lowest BCUT2D eigenvalue weighted by molar-refractivity contribution is 0.0497. The molecule has 2 rings (SSSR count). The molecule has 0 bridgehead atoms. The van der Waals surface area contributed by atoms with Gasteiger partial charge in [0.25, 0.3) is 0 Å². The van der Waals surface area contributed by atoms with Crippen LogP contribution in [-0.2, 0) is 4.74 Å². The lowest BCUT2D eigenvalue weighted by atomic mass is 10.0. The van der Waals surface area contributed by atoms with E-state index in [-0.39, 0.29) is 0 Å². The Bertz CT molecular complexity index is 361. The van der Waals surface area contributed by atoms with E-state index >= 15 is 0 Å². The first-order chi connectivity index (χ1) is 8.16. The van der Waals surface area contributed by atoms with Gasteiger partial charge in [-0.05, 0) is 55.9 Å². The summed E-state index contributed by atoms with van der Waals surface area (Å²) in [5.41, 5.74) is 8.96. The van der Waals surface area contributed by atoms with Crippen LogP contribution < -0.4 is 10.5 Å². The van der Waals surface area contributed by atoms with Crippen molar-refractivity contribution in [2.45, 2.75) is 26.7 Å². The maximum absolute atomic E-state index is 5.92. The molecule has 2 N–H and O–H groups in total. The molecule has 1 aromatic carbocycles. The van der Waals surface area contributed by atoms with Gasteiger partial charge in [-0.2, -0.15) is 0 Å². The molecule has 0 atom stereocenters. The molecule has 0 aromatic heterocycles. The lowest BCUT2D eigenvalue weighted by Crippen LogP contribution is -2.21. The second kappa shape index (κ2) is 5.41. The quantitative estimate of drug-likeness (QED) is 0.819. The Kier molecular flexibility index (Phi) is 3.89. The number of hydrogen-bond donors (Lipinski definition) is 1. The monoisotopic (exact) mass is 235 g/mol. The van der Waals surface area contributed by atoms with Crippen molar-refractivity contribution in [2.75, 3.05) is 25.6 Å². The van der Waals surface area contributed by atoms with Gasteiger partial charge in [-0.15, -0.1) is 0 Å². The van der Waals surface area contributed by atoms with E-state index in [1.54, 1.807) is 0 Å². The van der Waals surface area contributed by atoms with E-state index in [4.69, 9.17) is 15.2 Å². The van der Waals surface area contributed by atoms with E-state index < -0.39 is 0 Å². The number of nitrogens with two attached hydrogens (primary N) is 1. The molecule has 1 aliphatic rings. The Labute approximate surface area is 103 Å². The Balaban J connectivity index is 1.94.